The lowest BCUT2D eigenvalue weighted by molar-refractivity contribution is 0.300. The quantitative estimate of drug-likeness (QED) is 0.851. The second-order valence-corrected chi connectivity index (χ2v) is 7.89. The first-order chi connectivity index (χ1) is 9.80. The molecule has 1 saturated heterocycles. The second kappa shape index (κ2) is 6.48. The molecule has 1 atom stereocenters. The van der Waals surface area contributed by atoms with E-state index in [9.17, 15) is 8.42 Å². The molecule has 1 fully saturated rings. The Labute approximate surface area is 127 Å². The summed E-state index contributed by atoms with van der Waals surface area (Å²) in [5.41, 5.74) is 0. The highest BCUT2D eigenvalue weighted by Gasteiger charge is 2.35. The van der Waals surface area contributed by atoms with Gasteiger partial charge < -0.3 is 14.6 Å². The molecule has 1 aromatic rings. The fraction of sp³-hybridized carbons (Fsp3) is 0.714. The summed E-state index contributed by atoms with van der Waals surface area (Å²) in [6.45, 7) is 5.67. The van der Waals surface area contributed by atoms with Crippen LogP contribution in [0.1, 0.15) is 26.0 Å². The molecule has 0 amide bonds. The van der Waals surface area contributed by atoms with E-state index >= 15 is 0 Å². The highest BCUT2D eigenvalue weighted by Crippen LogP contribution is 2.24. The topological polar surface area (TPSA) is 65.8 Å². The fourth-order valence-electron chi connectivity index (χ4n) is 2.37. The van der Waals surface area contributed by atoms with Gasteiger partial charge in [-0.25, -0.2) is 8.42 Å². The Balaban J connectivity index is 2.06. The van der Waals surface area contributed by atoms with Crippen molar-refractivity contribution >= 4 is 10.0 Å². The van der Waals surface area contributed by atoms with Crippen LogP contribution in [0.25, 0.3) is 0 Å². The van der Waals surface area contributed by atoms with Gasteiger partial charge in [0.25, 0.3) is 10.0 Å². The number of nitrogens with one attached hydrogen (secondary N) is 1. The zero-order valence-electron chi connectivity index (χ0n) is 13.2. The van der Waals surface area contributed by atoms with Gasteiger partial charge in [-0.15, -0.1) is 0 Å². The van der Waals surface area contributed by atoms with Gasteiger partial charge in [-0.1, -0.05) is 13.8 Å². The first-order valence-corrected chi connectivity index (χ1v) is 8.73. The number of hydrogen-bond donors (Lipinski definition) is 1. The van der Waals surface area contributed by atoms with E-state index in [-0.39, 0.29) is 11.1 Å². The number of rotatable bonds is 6. The Hall–Kier alpha value is -0.890. The fourth-order valence-corrected chi connectivity index (χ4v) is 3.80. The van der Waals surface area contributed by atoms with Crippen molar-refractivity contribution in [1.82, 2.24) is 14.5 Å². The van der Waals surface area contributed by atoms with E-state index in [2.05, 4.69) is 10.2 Å². The van der Waals surface area contributed by atoms with Gasteiger partial charge >= 0.3 is 0 Å². The highest BCUT2D eigenvalue weighted by atomic mass is 32.2. The van der Waals surface area contributed by atoms with Crippen LogP contribution in [-0.2, 0) is 16.6 Å². The van der Waals surface area contributed by atoms with Crippen LogP contribution in [-0.4, -0.2) is 56.9 Å². The van der Waals surface area contributed by atoms with Crippen molar-refractivity contribution in [1.29, 1.82) is 0 Å². The number of likely N-dealkylation sites (N-methyl/N-ethyl adjacent to an activating group) is 1. The molecule has 0 spiro atoms. The molecule has 0 bridgehead atoms. The van der Waals surface area contributed by atoms with Crippen LogP contribution in [0.2, 0.25) is 0 Å². The average molecular weight is 315 g/mol. The standard InChI is InChI=1S/C14H25N3O3S/c1-11(2)15-9-13-5-6-14(20-13)21(18,19)17-8-7-12(10-17)16(3)4/h5-6,11-12,15H,7-10H2,1-4H3. The minimum atomic E-state index is -3.51. The molecule has 1 aromatic heterocycles. The minimum Gasteiger partial charge on any atom is -0.447 e. The van der Waals surface area contributed by atoms with Gasteiger partial charge in [-0.3, -0.25) is 0 Å². The largest absolute Gasteiger partial charge is 0.447 e. The van der Waals surface area contributed by atoms with Crippen LogP contribution in [0.5, 0.6) is 0 Å². The third-order valence-electron chi connectivity index (χ3n) is 3.77. The van der Waals surface area contributed by atoms with Crippen molar-refractivity contribution in [2.75, 3.05) is 27.2 Å². The van der Waals surface area contributed by atoms with E-state index in [1.54, 1.807) is 12.1 Å². The lowest BCUT2D eigenvalue weighted by Gasteiger charge is -2.19. The number of nitrogens with zero attached hydrogens (tertiary/aromatic N) is 2. The third kappa shape index (κ3) is 3.85. The van der Waals surface area contributed by atoms with Gasteiger partial charge in [0.1, 0.15) is 5.76 Å². The molecule has 1 N–H and O–H groups in total. The van der Waals surface area contributed by atoms with Crippen molar-refractivity contribution in [2.45, 2.75) is 44.0 Å². The first-order valence-electron chi connectivity index (χ1n) is 7.29. The van der Waals surface area contributed by atoms with E-state index in [1.807, 2.05) is 27.9 Å². The molecule has 7 heteroatoms. The predicted molar refractivity (Wildman–Crippen MR) is 81.5 cm³/mol. The number of sulfonamides is 1. The van der Waals surface area contributed by atoms with E-state index in [0.717, 1.165) is 6.42 Å². The zero-order valence-corrected chi connectivity index (χ0v) is 14.0. The van der Waals surface area contributed by atoms with E-state index < -0.39 is 10.0 Å². The summed E-state index contributed by atoms with van der Waals surface area (Å²) in [5.74, 6) is 0.644. The summed E-state index contributed by atoms with van der Waals surface area (Å²) < 4.78 is 32.1. The zero-order chi connectivity index (χ0) is 15.6. The summed E-state index contributed by atoms with van der Waals surface area (Å²) in [6.07, 6.45) is 0.856. The van der Waals surface area contributed by atoms with Crippen molar-refractivity contribution < 1.29 is 12.8 Å². The van der Waals surface area contributed by atoms with Crippen LogP contribution in [0.3, 0.4) is 0 Å². The lowest BCUT2D eigenvalue weighted by atomic mass is 10.2. The normalized spacial score (nSPS) is 20.8. The first kappa shape index (κ1) is 16.5. The van der Waals surface area contributed by atoms with Gasteiger partial charge in [-0.05, 0) is 32.6 Å². The molecule has 2 rings (SSSR count). The molecule has 2 heterocycles. The van der Waals surface area contributed by atoms with Crippen molar-refractivity contribution in [3.8, 4) is 0 Å². The molecule has 0 aromatic carbocycles. The molecule has 120 valence electrons. The van der Waals surface area contributed by atoms with Crippen molar-refractivity contribution in [3.05, 3.63) is 17.9 Å². The lowest BCUT2D eigenvalue weighted by Crippen LogP contribution is -2.34. The molecule has 1 aliphatic rings. The Bertz CT molecular complexity index is 566. The van der Waals surface area contributed by atoms with Crippen molar-refractivity contribution in [2.24, 2.45) is 0 Å². The van der Waals surface area contributed by atoms with Crippen LogP contribution in [0.4, 0.5) is 0 Å². The molecule has 1 aliphatic heterocycles. The van der Waals surface area contributed by atoms with Crippen LogP contribution < -0.4 is 5.32 Å². The van der Waals surface area contributed by atoms with E-state index in [1.165, 1.54) is 4.31 Å². The summed E-state index contributed by atoms with van der Waals surface area (Å²) in [7, 11) is 0.440. The van der Waals surface area contributed by atoms with Gasteiger partial charge in [-0.2, -0.15) is 4.31 Å². The molecular formula is C14H25N3O3S. The monoisotopic (exact) mass is 315 g/mol. The Morgan fingerprint density at radius 1 is 1.43 bits per heavy atom. The summed E-state index contributed by atoms with van der Waals surface area (Å²) in [6, 6.07) is 3.88. The molecule has 0 radical (unpaired) electrons. The van der Waals surface area contributed by atoms with Gasteiger partial charge in [0.15, 0.2) is 0 Å². The number of hydrogen-bond acceptors (Lipinski definition) is 5. The molecular weight excluding hydrogens is 290 g/mol. The molecule has 21 heavy (non-hydrogen) atoms. The Morgan fingerprint density at radius 3 is 2.71 bits per heavy atom. The van der Waals surface area contributed by atoms with Gasteiger partial charge in [0.05, 0.1) is 6.54 Å². The van der Waals surface area contributed by atoms with E-state index in [4.69, 9.17) is 4.42 Å². The second-order valence-electron chi connectivity index (χ2n) is 6.03. The summed E-state index contributed by atoms with van der Waals surface area (Å²) in [4.78, 5) is 2.07. The molecule has 0 aliphatic carbocycles. The maximum atomic E-state index is 12.5. The highest BCUT2D eigenvalue weighted by molar-refractivity contribution is 7.89. The van der Waals surface area contributed by atoms with Crippen LogP contribution in [0.15, 0.2) is 21.6 Å². The average Bonchev–Trinajstić information content (AvgIpc) is 3.06. The maximum Gasteiger partial charge on any atom is 0.276 e. The van der Waals surface area contributed by atoms with Crippen LogP contribution >= 0.6 is 0 Å². The molecule has 1 unspecified atom stereocenters. The van der Waals surface area contributed by atoms with Crippen molar-refractivity contribution in [3.63, 3.8) is 0 Å². The third-order valence-corrected chi connectivity index (χ3v) is 5.51. The number of furan rings is 1. The Kier molecular flexibility index (Phi) is 5.08. The predicted octanol–water partition coefficient (Wildman–Crippen LogP) is 1.10. The molecule has 0 saturated carbocycles. The smallest absolute Gasteiger partial charge is 0.276 e. The Morgan fingerprint density at radius 2 is 2.14 bits per heavy atom. The van der Waals surface area contributed by atoms with Gasteiger partial charge in [0.2, 0.25) is 5.09 Å². The molecule has 6 nitrogen and oxygen atoms in total. The van der Waals surface area contributed by atoms with E-state index in [0.29, 0.717) is 31.4 Å². The summed E-state index contributed by atoms with van der Waals surface area (Å²) in [5, 5.41) is 3.25. The van der Waals surface area contributed by atoms with Crippen LogP contribution in [0, 0.1) is 0 Å². The van der Waals surface area contributed by atoms with Gasteiger partial charge in [0, 0.05) is 25.2 Å². The minimum absolute atomic E-state index is 0.0439. The SMILES string of the molecule is CC(C)NCc1ccc(S(=O)(=O)N2CCC(N(C)C)C2)o1. The summed E-state index contributed by atoms with van der Waals surface area (Å²) >= 11 is 0. The maximum absolute atomic E-state index is 12.5.